The average molecular weight is 496 g/mol. The zero-order valence-electron chi connectivity index (χ0n) is 19.9. The lowest BCUT2D eigenvalue weighted by molar-refractivity contribution is -0.164. The van der Waals surface area contributed by atoms with Crippen LogP contribution in [0.5, 0.6) is 0 Å². The molecule has 1 aromatic heterocycles. The summed E-state index contributed by atoms with van der Waals surface area (Å²) >= 11 is 0. The Kier molecular flexibility index (Phi) is 5.02. The third-order valence-electron chi connectivity index (χ3n) is 8.02. The van der Waals surface area contributed by atoms with Crippen LogP contribution in [0.2, 0.25) is 0 Å². The Hall–Kier alpha value is -3.34. The number of cyclic esters (lactones) is 1. The summed E-state index contributed by atoms with van der Waals surface area (Å²) in [5.74, 6) is -1.66. The van der Waals surface area contributed by atoms with Crippen LogP contribution in [-0.4, -0.2) is 62.1 Å². The second kappa shape index (κ2) is 7.83. The molecule has 0 fully saturated rings. The summed E-state index contributed by atoms with van der Waals surface area (Å²) in [5.41, 5.74) is 3.18. The van der Waals surface area contributed by atoms with Gasteiger partial charge in [-0.15, -0.1) is 0 Å². The monoisotopic (exact) mass is 495 g/mol. The molecule has 4 heterocycles. The topological polar surface area (TPSA) is 132 Å². The van der Waals surface area contributed by atoms with Gasteiger partial charge in [-0.1, -0.05) is 6.92 Å². The Morgan fingerprint density at radius 1 is 1.39 bits per heavy atom. The van der Waals surface area contributed by atoms with E-state index in [4.69, 9.17) is 9.72 Å². The van der Waals surface area contributed by atoms with Crippen molar-refractivity contribution in [3.63, 3.8) is 0 Å². The quantitative estimate of drug-likeness (QED) is 0.468. The molecule has 6 rings (SSSR count). The predicted molar refractivity (Wildman–Crippen MR) is 125 cm³/mol. The van der Waals surface area contributed by atoms with Crippen LogP contribution in [0.15, 0.2) is 23.3 Å². The number of aryl methyl sites for hydroxylation is 1. The SMILES string of the molecule is CCC1(O)C(=O)OCC2=C1C=C1c3nc4cc(F)c(C)c5c4c(c3CN1C2O)[C@@H](NC(=O)CO)CC5. The van der Waals surface area contributed by atoms with Crippen LogP contribution in [0, 0.1) is 12.7 Å². The van der Waals surface area contributed by atoms with Gasteiger partial charge in [0.05, 0.1) is 22.9 Å². The van der Waals surface area contributed by atoms with Crippen molar-refractivity contribution in [2.45, 2.75) is 57.5 Å². The minimum Gasteiger partial charge on any atom is -0.459 e. The fourth-order valence-corrected chi connectivity index (χ4v) is 6.09. The number of hydrogen-bond acceptors (Lipinski definition) is 8. The molecule has 0 bridgehead atoms. The fraction of sp³-hybridized carbons (Fsp3) is 0.423. The van der Waals surface area contributed by atoms with Gasteiger partial charge in [0.2, 0.25) is 5.91 Å². The number of pyridine rings is 1. The van der Waals surface area contributed by atoms with E-state index in [1.165, 1.54) is 6.07 Å². The molecule has 2 aromatic rings. The van der Waals surface area contributed by atoms with E-state index in [2.05, 4.69) is 5.32 Å². The molecule has 1 aromatic carbocycles. The van der Waals surface area contributed by atoms with Crippen LogP contribution in [0.25, 0.3) is 16.6 Å². The second-order valence-corrected chi connectivity index (χ2v) is 9.79. The second-order valence-electron chi connectivity index (χ2n) is 9.79. The lowest BCUT2D eigenvalue weighted by atomic mass is 9.81. The summed E-state index contributed by atoms with van der Waals surface area (Å²) in [4.78, 5) is 31.1. The number of amides is 1. The first-order chi connectivity index (χ1) is 17.2. The molecule has 1 amide bonds. The van der Waals surface area contributed by atoms with Crippen LogP contribution >= 0.6 is 0 Å². The molecular weight excluding hydrogens is 469 g/mol. The maximum Gasteiger partial charge on any atom is 0.343 e. The number of rotatable bonds is 3. The number of aliphatic hydroxyl groups excluding tert-OH is 2. The molecule has 1 aliphatic carbocycles. The lowest BCUT2D eigenvalue weighted by Crippen LogP contribution is -2.50. The standard InChI is InChI=1S/C26H26FN3O6/c1-3-26(35)15-6-19-23-13(8-30(19)24(33)14(15)10-36-25(26)34)22-17(28-20(32)9-31)5-4-12-11(2)16(27)7-18(29-23)21(12)22/h6-7,17,24,31,33,35H,3-5,8-10H2,1-2H3,(H,28,32)/t17-,24?,26?/m0/s1. The molecule has 0 saturated carbocycles. The van der Waals surface area contributed by atoms with E-state index in [0.29, 0.717) is 46.5 Å². The number of carbonyl (C=O) groups is 2. The first-order valence-electron chi connectivity index (χ1n) is 12.0. The molecule has 10 heteroatoms. The van der Waals surface area contributed by atoms with Gasteiger partial charge < -0.3 is 30.3 Å². The highest BCUT2D eigenvalue weighted by atomic mass is 19.1. The number of halogens is 1. The van der Waals surface area contributed by atoms with Gasteiger partial charge in [-0.2, -0.15) is 0 Å². The highest BCUT2D eigenvalue weighted by Crippen LogP contribution is 2.49. The molecule has 0 radical (unpaired) electrons. The molecule has 3 atom stereocenters. The number of ether oxygens (including phenoxy) is 1. The third kappa shape index (κ3) is 2.95. The van der Waals surface area contributed by atoms with Gasteiger partial charge in [-0.05, 0) is 49.0 Å². The molecule has 0 spiro atoms. The normalized spacial score (nSPS) is 26.3. The van der Waals surface area contributed by atoms with Crippen LogP contribution in [0.3, 0.4) is 0 Å². The maximum absolute atomic E-state index is 14.9. The Morgan fingerprint density at radius 3 is 2.89 bits per heavy atom. The summed E-state index contributed by atoms with van der Waals surface area (Å²) in [7, 11) is 0. The summed E-state index contributed by atoms with van der Waals surface area (Å²) in [6, 6.07) is 0.947. The molecule has 4 aliphatic rings. The molecule has 188 valence electrons. The zero-order chi connectivity index (χ0) is 25.5. The molecule has 3 aliphatic heterocycles. The van der Waals surface area contributed by atoms with E-state index in [0.717, 1.165) is 22.1 Å². The number of nitrogens with zero attached hydrogens (tertiary/aromatic N) is 2. The van der Waals surface area contributed by atoms with Crippen molar-refractivity contribution in [3.05, 3.63) is 57.1 Å². The Bertz CT molecular complexity index is 1430. The number of esters is 1. The van der Waals surface area contributed by atoms with Gasteiger partial charge in [0, 0.05) is 34.7 Å². The van der Waals surface area contributed by atoms with Crippen molar-refractivity contribution in [2.24, 2.45) is 0 Å². The summed E-state index contributed by atoms with van der Waals surface area (Å²) in [6.45, 7) is 2.86. The van der Waals surface area contributed by atoms with Crippen LogP contribution < -0.4 is 5.32 Å². The molecule has 0 saturated heterocycles. The van der Waals surface area contributed by atoms with Crippen LogP contribution in [0.4, 0.5) is 4.39 Å². The van der Waals surface area contributed by atoms with E-state index in [-0.39, 0.29) is 25.4 Å². The fourth-order valence-electron chi connectivity index (χ4n) is 6.09. The van der Waals surface area contributed by atoms with Crippen LogP contribution in [0.1, 0.15) is 53.8 Å². The molecule has 4 N–H and O–H groups in total. The van der Waals surface area contributed by atoms with Crippen molar-refractivity contribution in [3.8, 4) is 0 Å². The average Bonchev–Trinajstić information content (AvgIpc) is 3.24. The molecule has 36 heavy (non-hydrogen) atoms. The van der Waals surface area contributed by atoms with Crippen molar-refractivity contribution in [1.82, 2.24) is 15.2 Å². The summed E-state index contributed by atoms with van der Waals surface area (Å²) in [6.07, 6.45) is 1.62. The predicted octanol–water partition coefficient (Wildman–Crippen LogP) is 1.26. The Labute approximate surface area is 205 Å². The first-order valence-corrected chi connectivity index (χ1v) is 12.0. The summed E-state index contributed by atoms with van der Waals surface area (Å²) < 4.78 is 20.1. The number of fused-ring (bicyclic) bond motifs is 4. The number of hydrogen-bond donors (Lipinski definition) is 4. The van der Waals surface area contributed by atoms with E-state index >= 15 is 0 Å². The highest BCUT2D eigenvalue weighted by molar-refractivity contribution is 5.94. The minimum atomic E-state index is -1.89. The maximum atomic E-state index is 14.9. The van der Waals surface area contributed by atoms with Crippen LogP contribution in [-0.2, 0) is 27.3 Å². The van der Waals surface area contributed by atoms with Gasteiger partial charge in [0.1, 0.15) is 19.0 Å². The largest absolute Gasteiger partial charge is 0.459 e. The molecular formula is C26H26FN3O6. The van der Waals surface area contributed by atoms with Crippen molar-refractivity contribution in [1.29, 1.82) is 0 Å². The van der Waals surface area contributed by atoms with Gasteiger partial charge in [-0.3, -0.25) is 4.79 Å². The van der Waals surface area contributed by atoms with Crippen molar-refractivity contribution in [2.75, 3.05) is 13.2 Å². The first kappa shape index (κ1) is 23.1. The third-order valence-corrected chi connectivity index (χ3v) is 8.02. The summed E-state index contributed by atoms with van der Waals surface area (Å²) in [5, 5.41) is 35.4. The van der Waals surface area contributed by atoms with Gasteiger partial charge >= 0.3 is 5.97 Å². The number of benzene rings is 1. The van der Waals surface area contributed by atoms with Crippen molar-refractivity contribution >= 4 is 28.5 Å². The molecule has 9 nitrogen and oxygen atoms in total. The lowest BCUT2D eigenvalue weighted by Gasteiger charge is -2.40. The van der Waals surface area contributed by atoms with E-state index < -0.39 is 36.4 Å². The smallest absolute Gasteiger partial charge is 0.343 e. The Balaban J connectivity index is 1.61. The number of nitrogens with one attached hydrogen (secondary N) is 1. The van der Waals surface area contributed by atoms with Gasteiger partial charge in [0.15, 0.2) is 11.8 Å². The van der Waals surface area contributed by atoms with E-state index in [9.17, 15) is 29.3 Å². The highest BCUT2D eigenvalue weighted by Gasteiger charge is 2.50. The number of carbonyl (C=O) groups excluding carboxylic acids is 2. The Morgan fingerprint density at radius 2 is 2.17 bits per heavy atom. The molecule has 2 unspecified atom stereocenters. The van der Waals surface area contributed by atoms with Crippen molar-refractivity contribution < 1.29 is 34.0 Å². The number of aromatic nitrogens is 1. The zero-order valence-corrected chi connectivity index (χ0v) is 19.9. The number of aliphatic hydroxyl groups is 3. The van der Waals surface area contributed by atoms with Gasteiger partial charge in [0.25, 0.3) is 0 Å². The van der Waals surface area contributed by atoms with E-state index in [1.54, 1.807) is 24.8 Å². The van der Waals surface area contributed by atoms with E-state index in [1.807, 2.05) is 0 Å². The van der Waals surface area contributed by atoms with Gasteiger partial charge in [-0.25, -0.2) is 14.2 Å². The minimum absolute atomic E-state index is 0.0630.